The van der Waals surface area contributed by atoms with E-state index in [2.05, 4.69) is 14.7 Å². The van der Waals surface area contributed by atoms with Crippen LogP contribution in [0.15, 0.2) is 12.4 Å². The van der Waals surface area contributed by atoms with Crippen LogP contribution in [-0.4, -0.2) is 79.5 Å². The lowest BCUT2D eigenvalue weighted by Crippen LogP contribution is -2.51. The van der Waals surface area contributed by atoms with Crippen molar-refractivity contribution in [1.29, 1.82) is 0 Å². The molecule has 1 aromatic heterocycles. The summed E-state index contributed by atoms with van der Waals surface area (Å²) in [6.07, 6.45) is 1.04. The number of rotatable bonds is 8. The second-order valence-electron chi connectivity index (χ2n) is 9.22. The third-order valence-electron chi connectivity index (χ3n) is 7.32. The maximum absolute atomic E-state index is 13.7. The number of nitrogens with zero attached hydrogens (tertiary/aromatic N) is 3. The molecule has 2 aliphatic carbocycles. The third kappa shape index (κ3) is 4.87. The number of hydrogen-bond donors (Lipinski definition) is 1. The molecule has 0 radical (unpaired) electrons. The normalized spacial score (nSPS) is 33.1. The molecule has 1 aromatic rings. The maximum atomic E-state index is 13.7. The van der Waals surface area contributed by atoms with E-state index in [1.165, 1.54) is 6.92 Å². The Labute approximate surface area is 196 Å². The Morgan fingerprint density at radius 1 is 1.32 bits per heavy atom. The second kappa shape index (κ2) is 9.57. The van der Waals surface area contributed by atoms with Gasteiger partial charge in [0.2, 0.25) is 10.0 Å². The molecule has 13 heteroatoms. The minimum atomic E-state index is -3.70. The number of fused-ring (bicyclic) bond motifs is 1. The summed E-state index contributed by atoms with van der Waals surface area (Å²) in [7, 11) is -2.60. The Balaban J connectivity index is 1.44. The Hall–Kier alpha value is -1.99. The van der Waals surface area contributed by atoms with Gasteiger partial charge in [-0.15, -0.1) is 0 Å². The van der Waals surface area contributed by atoms with Crippen molar-refractivity contribution in [3.63, 3.8) is 0 Å². The summed E-state index contributed by atoms with van der Waals surface area (Å²) in [5.41, 5.74) is -0.182. The number of carbonyl (C=O) groups excluding carboxylic acids is 1. The minimum Gasteiger partial charge on any atom is -0.453 e. The van der Waals surface area contributed by atoms with E-state index in [1.807, 2.05) is 0 Å². The molecule has 1 amide bonds. The van der Waals surface area contributed by atoms with E-state index >= 15 is 0 Å². The minimum absolute atomic E-state index is 0.105. The van der Waals surface area contributed by atoms with Crippen LogP contribution in [0.5, 0.6) is 0 Å². The molecule has 1 saturated heterocycles. The molecule has 6 atom stereocenters. The van der Waals surface area contributed by atoms with Crippen LogP contribution in [-0.2, 0) is 24.9 Å². The van der Waals surface area contributed by atoms with E-state index in [-0.39, 0.29) is 36.2 Å². The summed E-state index contributed by atoms with van der Waals surface area (Å²) >= 11 is 0. The van der Waals surface area contributed by atoms with Crippen LogP contribution in [0.3, 0.4) is 0 Å². The van der Waals surface area contributed by atoms with Crippen LogP contribution in [0.2, 0.25) is 0 Å². The van der Waals surface area contributed by atoms with Gasteiger partial charge in [0.15, 0.2) is 5.82 Å². The molecule has 1 aliphatic heterocycles. The highest BCUT2D eigenvalue weighted by atomic mass is 32.2. The lowest BCUT2D eigenvalue weighted by Gasteiger charge is -2.33. The maximum Gasteiger partial charge on any atom is 0.410 e. The topological polar surface area (TPSA) is 111 Å². The molecule has 3 aliphatic rings. The summed E-state index contributed by atoms with van der Waals surface area (Å²) in [6, 6.07) is -3.33. The molecule has 2 saturated carbocycles. The first-order chi connectivity index (χ1) is 16.1. The highest BCUT2D eigenvalue weighted by molar-refractivity contribution is 7.89. The van der Waals surface area contributed by atoms with Gasteiger partial charge in [0.1, 0.15) is 5.82 Å². The van der Waals surface area contributed by atoms with Crippen LogP contribution >= 0.6 is 0 Å². The van der Waals surface area contributed by atoms with E-state index in [1.54, 1.807) is 0 Å². The number of methoxy groups -OCH3 is 1. The van der Waals surface area contributed by atoms with Crippen molar-refractivity contribution in [3.8, 4) is 0 Å². The average molecular weight is 507 g/mol. The molecule has 3 unspecified atom stereocenters. The summed E-state index contributed by atoms with van der Waals surface area (Å²) in [5.74, 6) is 0.183. The van der Waals surface area contributed by atoms with Crippen molar-refractivity contribution in [1.82, 2.24) is 19.6 Å². The molecule has 1 N–H and O–H groups in total. The zero-order valence-electron chi connectivity index (χ0n) is 19.0. The number of likely N-dealkylation sites (tertiary alicyclic amines) is 1. The zero-order chi connectivity index (χ0) is 24.7. The highest BCUT2D eigenvalue weighted by Crippen LogP contribution is 2.61. The number of aromatic nitrogens is 2. The molecule has 0 spiro atoms. The van der Waals surface area contributed by atoms with Gasteiger partial charge in [0.05, 0.1) is 50.1 Å². The van der Waals surface area contributed by atoms with Crippen molar-refractivity contribution in [2.75, 3.05) is 19.5 Å². The van der Waals surface area contributed by atoms with E-state index in [4.69, 9.17) is 9.47 Å². The summed E-state index contributed by atoms with van der Waals surface area (Å²) < 4.78 is 78.2. The van der Waals surface area contributed by atoms with Crippen molar-refractivity contribution >= 4 is 16.1 Å². The van der Waals surface area contributed by atoms with Crippen LogP contribution < -0.4 is 4.72 Å². The Morgan fingerprint density at radius 3 is 2.62 bits per heavy atom. The monoisotopic (exact) mass is 506 g/mol. The Bertz CT molecular complexity index is 999. The molecule has 0 bridgehead atoms. The number of ether oxygens (including phenoxy) is 2. The van der Waals surface area contributed by atoms with Gasteiger partial charge in [-0.2, -0.15) is 0 Å². The van der Waals surface area contributed by atoms with Crippen molar-refractivity contribution in [2.45, 2.75) is 75.1 Å². The molecular formula is C21H29F3N4O5S. The molecule has 9 nitrogen and oxygen atoms in total. The predicted octanol–water partition coefficient (Wildman–Crippen LogP) is 2.22. The highest BCUT2D eigenvalue weighted by Gasteiger charge is 2.60. The molecule has 3 fully saturated rings. The van der Waals surface area contributed by atoms with E-state index in [9.17, 15) is 26.4 Å². The number of sulfonamides is 1. The molecular weight excluding hydrogens is 477 g/mol. The molecule has 0 aromatic carbocycles. The van der Waals surface area contributed by atoms with Crippen molar-refractivity contribution in [3.05, 3.63) is 24.0 Å². The fourth-order valence-corrected chi connectivity index (χ4v) is 6.28. The third-order valence-corrected chi connectivity index (χ3v) is 8.74. The van der Waals surface area contributed by atoms with E-state index in [0.29, 0.717) is 18.7 Å². The van der Waals surface area contributed by atoms with Gasteiger partial charge in [-0.1, -0.05) is 0 Å². The standard InChI is InChI=1S/C21H29F3N4O5S/c1-3-34(30,31)27-15-7-16(18(23)24)28(20(29)32-2)17(15)11-33-14-4-5-21(8-12(21)6-14)19-25-9-13(22)10-26-19/h9-10,12,14-18,27H,3-8,11H2,1-2H3/t12?,14?,15-,16-,17-,21?/m0/s1. The number of hydrogen-bond acceptors (Lipinski definition) is 7. The van der Waals surface area contributed by atoms with Crippen molar-refractivity contribution in [2.24, 2.45) is 5.92 Å². The van der Waals surface area contributed by atoms with Crippen LogP contribution in [0.1, 0.15) is 44.9 Å². The summed E-state index contributed by atoms with van der Waals surface area (Å²) in [5, 5.41) is 0. The lowest BCUT2D eigenvalue weighted by atomic mass is 9.86. The molecule has 2 heterocycles. The number of alkyl halides is 2. The predicted molar refractivity (Wildman–Crippen MR) is 114 cm³/mol. The summed E-state index contributed by atoms with van der Waals surface area (Å²) in [4.78, 5) is 21.5. The van der Waals surface area contributed by atoms with Gasteiger partial charge in [0.25, 0.3) is 6.43 Å². The van der Waals surface area contributed by atoms with Gasteiger partial charge < -0.3 is 9.47 Å². The van der Waals surface area contributed by atoms with Gasteiger partial charge >= 0.3 is 6.09 Å². The fourth-order valence-electron chi connectivity index (χ4n) is 5.40. The average Bonchev–Trinajstić information content (AvgIpc) is 3.44. The number of halogens is 3. The van der Waals surface area contributed by atoms with Crippen LogP contribution in [0, 0.1) is 11.7 Å². The fraction of sp³-hybridized carbons (Fsp3) is 0.762. The smallest absolute Gasteiger partial charge is 0.410 e. The SMILES string of the molecule is CCS(=O)(=O)N[C@H]1C[C@@H](C(F)F)N(C(=O)OC)[C@H]1COC1CCC2(c3ncc(F)cn3)CC2C1. The zero-order valence-corrected chi connectivity index (χ0v) is 19.8. The quantitative estimate of drug-likeness (QED) is 0.576. The Kier molecular flexibility index (Phi) is 7.07. The first-order valence-electron chi connectivity index (χ1n) is 11.3. The number of carbonyl (C=O) groups is 1. The molecule has 190 valence electrons. The van der Waals surface area contributed by atoms with Crippen LogP contribution in [0.25, 0.3) is 0 Å². The number of amides is 1. The number of nitrogens with one attached hydrogen (secondary N) is 1. The van der Waals surface area contributed by atoms with Gasteiger partial charge in [-0.3, -0.25) is 4.90 Å². The van der Waals surface area contributed by atoms with Gasteiger partial charge in [-0.05, 0) is 44.9 Å². The van der Waals surface area contributed by atoms with Crippen LogP contribution in [0.4, 0.5) is 18.0 Å². The molecule has 4 rings (SSSR count). The Morgan fingerprint density at radius 2 is 2.03 bits per heavy atom. The second-order valence-corrected chi connectivity index (χ2v) is 11.3. The van der Waals surface area contributed by atoms with Gasteiger partial charge in [0, 0.05) is 11.5 Å². The largest absolute Gasteiger partial charge is 0.453 e. The first kappa shape index (κ1) is 25.1. The van der Waals surface area contributed by atoms with E-state index in [0.717, 1.165) is 37.2 Å². The van der Waals surface area contributed by atoms with E-state index < -0.39 is 46.5 Å². The van der Waals surface area contributed by atoms with Gasteiger partial charge in [-0.25, -0.2) is 41.1 Å². The first-order valence-corrected chi connectivity index (χ1v) is 13.0. The molecule has 34 heavy (non-hydrogen) atoms. The lowest BCUT2D eigenvalue weighted by molar-refractivity contribution is -0.0239. The van der Waals surface area contributed by atoms with Crippen molar-refractivity contribution < 1.29 is 35.9 Å². The summed E-state index contributed by atoms with van der Waals surface area (Å²) in [6.45, 7) is 1.34.